The lowest BCUT2D eigenvalue weighted by Gasteiger charge is -2.22. The molecule has 0 fully saturated rings. The highest BCUT2D eigenvalue weighted by molar-refractivity contribution is 7.98. The number of rotatable bonds is 2. The van der Waals surface area contributed by atoms with Crippen LogP contribution in [0.15, 0.2) is 41.6 Å². The molecule has 1 atom stereocenters. The molecule has 1 aliphatic rings. The van der Waals surface area contributed by atoms with Crippen molar-refractivity contribution in [2.75, 3.05) is 11.6 Å². The predicted molar refractivity (Wildman–Crippen MR) is 98.5 cm³/mol. The van der Waals surface area contributed by atoms with Crippen molar-refractivity contribution < 1.29 is 14.9 Å². The van der Waals surface area contributed by atoms with Gasteiger partial charge in [-0.2, -0.15) is 4.98 Å². The van der Waals surface area contributed by atoms with E-state index in [0.29, 0.717) is 27.9 Å². The van der Waals surface area contributed by atoms with Crippen LogP contribution in [0.4, 0.5) is 5.69 Å². The molecular formula is C18H16N4O3S. The lowest BCUT2D eigenvalue weighted by Crippen LogP contribution is -2.18. The average Bonchev–Trinajstić information content (AvgIpc) is 2.76. The monoisotopic (exact) mass is 368 g/mol. The van der Waals surface area contributed by atoms with E-state index in [1.54, 1.807) is 13.0 Å². The van der Waals surface area contributed by atoms with Crippen LogP contribution in [0.2, 0.25) is 0 Å². The summed E-state index contributed by atoms with van der Waals surface area (Å²) in [4.78, 5) is 4.44. The normalized spacial score (nSPS) is 15.2. The summed E-state index contributed by atoms with van der Waals surface area (Å²) >= 11 is 1.37. The van der Waals surface area contributed by atoms with Crippen LogP contribution in [0, 0.1) is 6.92 Å². The molecule has 0 saturated heterocycles. The van der Waals surface area contributed by atoms with Gasteiger partial charge in [-0.1, -0.05) is 30.0 Å². The number of aryl methyl sites for hydroxylation is 1. The zero-order valence-corrected chi connectivity index (χ0v) is 14.9. The molecule has 7 nitrogen and oxygen atoms in total. The first-order valence-corrected chi connectivity index (χ1v) is 9.13. The third-order valence-corrected chi connectivity index (χ3v) is 4.67. The van der Waals surface area contributed by atoms with Gasteiger partial charge >= 0.3 is 0 Å². The number of phenols is 2. The Morgan fingerprint density at radius 1 is 1.15 bits per heavy atom. The van der Waals surface area contributed by atoms with Crippen molar-refractivity contribution in [1.29, 1.82) is 0 Å². The predicted octanol–water partition coefficient (Wildman–Crippen LogP) is 3.48. The van der Waals surface area contributed by atoms with Crippen LogP contribution in [0.5, 0.6) is 17.4 Å². The van der Waals surface area contributed by atoms with Gasteiger partial charge in [0.1, 0.15) is 11.5 Å². The Bertz CT molecular complexity index is 973. The van der Waals surface area contributed by atoms with Gasteiger partial charge in [-0.25, -0.2) is 0 Å². The number of hydrogen-bond donors (Lipinski definition) is 3. The van der Waals surface area contributed by atoms with E-state index in [1.807, 2.05) is 30.5 Å². The van der Waals surface area contributed by atoms with E-state index in [4.69, 9.17) is 4.74 Å². The van der Waals surface area contributed by atoms with Crippen LogP contribution in [-0.2, 0) is 0 Å². The number of benzene rings is 2. The number of aromatic nitrogens is 3. The van der Waals surface area contributed by atoms with Gasteiger partial charge in [-0.05, 0) is 30.9 Å². The first-order valence-electron chi connectivity index (χ1n) is 7.90. The zero-order chi connectivity index (χ0) is 18.3. The molecule has 132 valence electrons. The van der Waals surface area contributed by atoms with Gasteiger partial charge in [-0.3, -0.25) is 0 Å². The molecule has 1 aromatic heterocycles. The number of nitrogens with one attached hydrogen (secondary N) is 1. The highest BCUT2D eigenvalue weighted by Crippen LogP contribution is 2.42. The summed E-state index contributed by atoms with van der Waals surface area (Å²) in [5, 5.41) is 32.2. The van der Waals surface area contributed by atoms with Crippen molar-refractivity contribution in [2.45, 2.75) is 18.3 Å². The molecule has 0 amide bonds. The van der Waals surface area contributed by atoms with Crippen molar-refractivity contribution in [2.24, 2.45) is 0 Å². The van der Waals surface area contributed by atoms with Crippen LogP contribution in [0.3, 0.4) is 0 Å². The molecule has 26 heavy (non-hydrogen) atoms. The highest BCUT2D eigenvalue weighted by atomic mass is 32.2. The Balaban J connectivity index is 1.90. The van der Waals surface area contributed by atoms with E-state index in [1.165, 1.54) is 17.8 Å². The van der Waals surface area contributed by atoms with Gasteiger partial charge in [-0.15, -0.1) is 10.2 Å². The summed E-state index contributed by atoms with van der Waals surface area (Å²) in [5.74, 6) is 0.263. The third kappa shape index (κ3) is 2.78. The Morgan fingerprint density at radius 3 is 2.73 bits per heavy atom. The molecule has 0 unspecified atom stereocenters. The highest BCUT2D eigenvalue weighted by Gasteiger charge is 2.28. The number of anilines is 1. The van der Waals surface area contributed by atoms with E-state index >= 15 is 0 Å². The minimum Gasteiger partial charge on any atom is -0.508 e. The number of aromatic hydroxyl groups is 2. The largest absolute Gasteiger partial charge is 0.508 e. The van der Waals surface area contributed by atoms with Crippen molar-refractivity contribution in [3.63, 3.8) is 0 Å². The molecule has 1 aliphatic heterocycles. The Kier molecular flexibility index (Phi) is 4.04. The van der Waals surface area contributed by atoms with Gasteiger partial charge in [0.05, 0.1) is 5.56 Å². The molecule has 0 radical (unpaired) electrons. The molecule has 0 spiro atoms. The van der Waals surface area contributed by atoms with Crippen LogP contribution in [0.25, 0.3) is 11.3 Å². The summed E-state index contributed by atoms with van der Waals surface area (Å²) < 4.78 is 6.09. The maximum Gasteiger partial charge on any atom is 0.247 e. The summed E-state index contributed by atoms with van der Waals surface area (Å²) in [7, 11) is 0. The molecule has 3 N–H and O–H groups in total. The quantitative estimate of drug-likeness (QED) is 0.591. The summed E-state index contributed by atoms with van der Waals surface area (Å²) in [6, 6.07) is 10.5. The molecule has 8 heteroatoms. The first-order chi connectivity index (χ1) is 12.6. The van der Waals surface area contributed by atoms with Crippen LogP contribution in [0.1, 0.15) is 17.4 Å². The molecule has 0 bridgehead atoms. The van der Waals surface area contributed by atoms with Crippen LogP contribution >= 0.6 is 11.8 Å². The third-order valence-electron chi connectivity index (χ3n) is 4.13. The minimum atomic E-state index is -0.704. The number of para-hydroxylation sites is 1. The number of thioether (sulfide) groups is 1. The zero-order valence-electron chi connectivity index (χ0n) is 14.1. The van der Waals surface area contributed by atoms with E-state index < -0.39 is 6.23 Å². The molecular weight excluding hydrogens is 352 g/mol. The number of phenolic OH excluding ortho intramolecular Hbond substituents is 2. The van der Waals surface area contributed by atoms with Gasteiger partial charge in [0.25, 0.3) is 0 Å². The second-order valence-corrected chi connectivity index (χ2v) is 6.61. The van der Waals surface area contributed by atoms with Crippen LogP contribution < -0.4 is 10.1 Å². The smallest absolute Gasteiger partial charge is 0.247 e. The summed E-state index contributed by atoms with van der Waals surface area (Å²) in [6.07, 6.45) is 1.16. The fourth-order valence-electron chi connectivity index (χ4n) is 2.97. The van der Waals surface area contributed by atoms with Crippen molar-refractivity contribution >= 4 is 17.4 Å². The SMILES string of the molecule is CSc1nnc2c(n1)O[C@@H](c1c(C)cc(O)cc1O)Nc1ccccc1-2. The number of hydrogen-bond acceptors (Lipinski definition) is 8. The van der Waals surface area contributed by atoms with Gasteiger partial charge in [0, 0.05) is 17.3 Å². The fraction of sp³-hybridized carbons (Fsp3) is 0.167. The average molecular weight is 368 g/mol. The second kappa shape index (κ2) is 6.38. The van der Waals surface area contributed by atoms with E-state index in [0.717, 1.165) is 11.3 Å². The Hall–Kier alpha value is -3.00. The van der Waals surface area contributed by atoms with Crippen molar-refractivity contribution in [3.05, 3.63) is 47.5 Å². The molecule has 0 aliphatic carbocycles. The molecule has 2 heterocycles. The van der Waals surface area contributed by atoms with Crippen molar-refractivity contribution in [3.8, 4) is 28.6 Å². The topological polar surface area (TPSA) is 100 Å². The molecule has 3 aromatic rings. The molecule has 4 rings (SSSR count). The molecule has 0 saturated carbocycles. The van der Waals surface area contributed by atoms with E-state index in [9.17, 15) is 10.2 Å². The summed E-state index contributed by atoms with van der Waals surface area (Å²) in [5.41, 5.74) is 3.34. The standard InChI is InChI=1S/C18H16N4O3S/c1-9-7-10(23)8-13(24)14(9)16-19-12-6-4-3-5-11(12)15-17(25-16)20-18(26-2)22-21-15/h3-8,16,19,23-24H,1-2H3/t16-/m0/s1. The van der Waals surface area contributed by atoms with Gasteiger partial charge in [0.2, 0.25) is 17.3 Å². The minimum absolute atomic E-state index is 0.00756. The lowest BCUT2D eigenvalue weighted by molar-refractivity contribution is 0.219. The summed E-state index contributed by atoms with van der Waals surface area (Å²) in [6.45, 7) is 1.79. The Morgan fingerprint density at radius 2 is 1.96 bits per heavy atom. The van der Waals surface area contributed by atoms with Gasteiger partial charge in [0.15, 0.2) is 5.69 Å². The molecule has 2 aromatic carbocycles. The fourth-order valence-corrected chi connectivity index (χ4v) is 3.26. The maximum absolute atomic E-state index is 10.4. The number of fused-ring (bicyclic) bond motifs is 3. The van der Waals surface area contributed by atoms with Crippen molar-refractivity contribution in [1.82, 2.24) is 15.2 Å². The first kappa shape index (κ1) is 16.5. The lowest BCUT2D eigenvalue weighted by atomic mass is 10.0. The van der Waals surface area contributed by atoms with Crippen LogP contribution in [-0.4, -0.2) is 31.7 Å². The van der Waals surface area contributed by atoms with Gasteiger partial charge < -0.3 is 20.3 Å². The number of ether oxygens (including phenoxy) is 1. The van der Waals surface area contributed by atoms with E-state index in [-0.39, 0.29) is 11.5 Å². The Labute approximate surface area is 154 Å². The number of nitrogens with zero attached hydrogens (tertiary/aromatic N) is 3. The second-order valence-electron chi connectivity index (χ2n) is 5.84. The maximum atomic E-state index is 10.4. The van der Waals surface area contributed by atoms with E-state index in [2.05, 4.69) is 20.5 Å².